The second kappa shape index (κ2) is 11.0. The number of hydrogen-bond donors (Lipinski definition) is 1. The minimum atomic E-state index is -0.563. The van der Waals surface area contributed by atoms with Crippen LogP contribution >= 0.6 is 11.6 Å². The topological polar surface area (TPSA) is 102 Å². The van der Waals surface area contributed by atoms with E-state index in [1.807, 2.05) is 0 Å². The van der Waals surface area contributed by atoms with Gasteiger partial charge in [0.25, 0.3) is 11.8 Å². The van der Waals surface area contributed by atoms with Crippen molar-refractivity contribution in [1.29, 1.82) is 0 Å². The molecule has 2 aromatic carbocycles. The predicted molar refractivity (Wildman–Crippen MR) is 123 cm³/mol. The van der Waals surface area contributed by atoms with E-state index in [0.717, 1.165) is 0 Å². The Morgan fingerprint density at radius 3 is 2.30 bits per heavy atom. The third-order valence-corrected chi connectivity index (χ3v) is 5.54. The van der Waals surface area contributed by atoms with Crippen LogP contribution in [0.5, 0.6) is 5.75 Å². The van der Waals surface area contributed by atoms with Crippen LogP contribution in [0, 0.1) is 0 Å². The highest BCUT2D eigenvalue weighted by Gasteiger charge is 2.34. The molecule has 1 aliphatic heterocycles. The number of rotatable bonds is 10. The Morgan fingerprint density at radius 2 is 1.70 bits per heavy atom. The van der Waals surface area contributed by atoms with Crippen molar-refractivity contribution >= 4 is 41.0 Å². The van der Waals surface area contributed by atoms with Crippen LogP contribution in [0.25, 0.3) is 0 Å². The number of imide groups is 1. The summed E-state index contributed by atoms with van der Waals surface area (Å²) in [5.41, 5.74) is 1.37. The molecule has 0 aromatic heterocycles. The predicted octanol–water partition coefficient (Wildman–Crippen LogP) is 4.32. The smallest absolute Gasteiger partial charge is 0.341 e. The lowest BCUT2D eigenvalue weighted by Crippen LogP contribution is -2.30. The third kappa shape index (κ3) is 5.51. The number of ether oxygens (including phenoxy) is 2. The summed E-state index contributed by atoms with van der Waals surface area (Å²) in [6, 6.07) is 9.65. The number of hydrogen-bond acceptors (Lipinski definition) is 6. The van der Waals surface area contributed by atoms with Crippen molar-refractivity contribution in [3.05, 3.63) is 58.1 Å². The van der Waals surface area contributed by atoms with E-state index in [0.29, 0.717) is 42.6 Å². The summed E-state index contributed by atoms with van der Waals surface area (Å²) in [4.78, 5) is 50.3. The highest BCUT2D eigenvalue weighted by molar-refractivity contribution is 6.34. The SMILES string of the molecule is CCOC(=O)c1cc(Cl)c(NC(=O)CCCCCN2C(=O)c3ccccc3C2=O)cc1OC. The van der Waals surface area contributed by atoms with Gasteiger partial charge in [0, 0.05) is 19.0 Å². The second-order valence-electron chi connectivity index (χ2n) is 7.42. The molecule has 1 aliphatic rings. The van der Waals surface area contributed by atoms with Gasteiger partial charge < -0.3 is 14.8 Å². The van der Waals surface area contributed by atoms with Crippen LogP contribution in [0.15, 0.2) is 36.4 Å². The lowest BCUT2D eigenvalue weighted by molar-refractivity contribution is -0.116. The molecule has 33 heavy (non-hydrogen) atoms. The zero-order chi connectivity index (χ0) is 24.0. The third-order valence-electron chi connectivity index (χ3n) is 5.22. The van der Waals surface area contributed by atoms with Crippen molar-refractivity contribution in [2.75, 3.05) is 25.6 Å². The molecule has 3 rings (SSSR count). The summed E-state index contributed by atoms with van der Waals surface area (Å²) < 4.78 is 10.2. The number of fused-ring (bicyclic) bond motifs is 1. The van der Waals surface area contributed by atoms with E-state index >= 15 is 0 Å². The van der Waals surface area contributed by atoms with E-state index in [4.69, 9.17) is 21.1 Å². The maximum atomic E-state index is 12.4. The normalized spacial score (nSPS) is 12.5. The molecule has 0 fully saturated rings. The summed E-state index contributed by atoms with van der Waals surface area (Å²) in [5, 5.41) is 2.91. The Morgan fingerprint density at radius 1 is 1.03 bits per heavy atom. The first-order chi connectivity index (χ1) is 15.9. The molecule has 0 unspecified atom stereocenters. The minimum Gasteiger partial charge on any atom is -0.496 e. The first-order valence-corrected chi connectivity index (χ1v) is 11.0. The fourth-order valence-corrected chi connectivity index (χ4v) is 3.78. The molecule has 0 saturated carbocycles. The molecule has 1 heterocycles. The number of esters is 1. The molecule has 0 aliphatic carbocycles. The van der Waals surface area contributed by atoms with Gasteiger partial charge in [0.1, 0.15) is 11.3 Å². The van der Waals surface area contributed by atoms with Crippen LogP contribution in [0.3, 0.4) is 0 Å². The highest BCUT2D eigenvalue weighted by Crippen LogP contribution is 2.31. The van der Waals surface area contributed by atoms with E-state index in [1.54, 1.807) is 31.2 Å². The van der Waals surface area contributed by atoms with Gasteiger partial charge in [-0.25, -0.2) is 4.79 Å². The van der Waals surface area contributed by atoms with E-state index in [9.17, 15) is 19.2 Å². The molecule has 0 saturated heterocycles. The fourth-order valence-electron chi connectivity index (χ4n) is 3.57. The molecule has 2 aromatic rings. The van der Waals surface area contributed by atoms with Gasteiger partial charge in [-0.05, 0) is 38.0 Å². The van der Waals surface area contributed by atoms with Crippen molar-refractivity contribution < 1.29 is 28.7 Å². The lowest BCUT2D eigenvalue weighted by atomic mass is 10.1. The van der Waals surface area contributed by atoms with Gasteiger partial charge in [0.15, 0.2) is 0 Å². The number of methoxy groups -OCH3 is 1. The minimum absolute atomic E-state index is 0.176. The Kier molecular flexibility index (Phi) is 8.06. The first-order valence-electron chi connectivity index (χ1n) is 10.7. The van der Waals surface area contributed by atoms with Crippen molar-refractivity contribution in [3.63, 3.8) is 0 Å². The van der Waals surface area contributed by atoms with Crippen molar-refractivity contribution in [2.24, 2.45) is 0 Å². The summed E-state index contributed by atoms with van der Waals surface area (Å²) in [6.07, 6.45) is 2.08. The molecular formula is C24H25ClN2O6. The first kappa shape index (κ1) is 24.3. The van der Waals surface area contributed by atoms with E-state index < -0.39 is 5.97 Å². The number of nitrogens with zero attached hydrogens (tertiary/aromatic N) is 1. The van der Waals surface area contributed by atoms with Crippen LogP contribution in [-0.4, -0.2) is 48.9 Å². The van der Waals surface area contributed by atoms with Crippen LogP contribution in [-0.2, 0) is 9.53 Å². The fraction of sp³-hybridized carbons (Fsp3) is 0.333. The molecule has 0 spiro atoms. The van der Waals surface area contributed by atoms with Crippen molar-refractivity contribution in [1.82, 2.24) is 4.90 Å². The largest absolute Gasteiger partial charge is 0.496 e. The number of benzene rings is 2. The number of amides is 3. The monoisotopic (exact) mass is 472 g/mol. The number of nitrogens with one attached hydrogen (secondary N) is 1. The van der Waals surface area contributed by atoms with Crippen LogP contribution in [0.2, 0.25) is 5.02 Å². The molecule has 0 bridgehead atoms. The van der Waals surface area contributed by atoms with E-state index in [1.165, 1.54) is 24.1 Å². The van der Waals surface area contributed by atoms with Gasteiger partial charge in [-0.15, -0.1) is 0 Å². The average Bonchev–Trinajstić information content (AvgIpc) is 3.05. The summed E-state index contributed by atoms with van der Waals surface area (Å²) >= 11 is 6.22. The molecule has 8 nitrogen and oxygen atoms in total. The molecular weight excluding hydrogens is 448 g/mol. The lowest BCUT2D eigenvalue weighted by Gasteiger charge is -2.14. The molecule has 174 valence electrons. The van der Waals surface area contributed by atoms with Crippen LogP contribution in [0.4, 0.5) is 5.69 Å². The number of anilines is 1. The maximum Gasteiger partial charge on any atom is 0.341 e. The Labute approximate surface area is 196 Å². The molecule has 0 atom stereocenters. The van der Waals surface area contributed by atoms with E-state index in [2.05, 4.69) is 5.32 Å². The van der Waals surface area contributed by atoms with Gasteiger partial charge in [-0.3, -0.25) is 19.3 Å². The number of unbranched alkanes of at least 4 members (excludes halogenated alkanes) is 2. The zero-order valence-electron chi connectivity index (χ0n) is 18.5. The summed E-state index contributed by atoms with van der Waals surface area (Å²) in [5.74, 6) is -1.11. The number of carbonyl (C=O) groups is 4. The van der Waals surface area contributed by atoms with E-state index in [-0.39, 0.29) is 47.1 Å². The summed E-state index contributed by atoms with van der Waals surface area (Å²) in [7, 11) is 1.41. The van der Waals surface area contributed by atoms with Gasteiger partial charge in [-0.2, -0.15) is 0 Å². The molecule has 0 radical (unpaired) electrons. The van der Waals surface area contributed by atoms with Gasteiger partial charge in [0.05, 0.1) is 35.6 Å². The Bertz CT molecular complexity index is 1050. The second-order valence-corrected chi connectivity index (χ2v) is 7.83. The standard InChI is InChI=1S/C24H25ClN2O6/c1-3-33-24(31)17-13-18(25)19(14-20(17)32-2)26-21(28)11-5-4-8-12-27-22(29)15-9-6-7-10-16(15)23(27)30/h6-7,9-10,13-14H,3-5,8,11-12H2,1-2H3,(H,26,28). The van der Waals surface area contributed by atoms with Crippen LogP contribution < -0.4 is 10.1 Å². The average molecular weight is 473 g/mol. The number of carbonyl (C=O) groups excluding carboxylic acids is 4. The highest BCUT2D eigenvalue weighted by atomic mass is 35.5. The number of halogens is 1. The quantitative estimate of drug-likeness (QED) is 0.314. The van der Waals surface area contributed by atoms with Crippen molar-refractivity contribution in [2.45, 2.75) is 32.6 Å². The Hall–Kier alpha value is -3.39. The maximum absolute atomic E-state index is 12.4. The van der Waals surface area contributed by atoms with Gasteiger partial charge in [-0.1, -0.05) is 30.2 Å². The molecule has 1 N–H and O–H groups in total. The molecule has 9 heteroatoms. The van der Waals surface area contributed by atoms with Gasteiger partial charge >= 0.3 is 5.97 Å². The van der Waals surface area contributed by atoms with Crippen molar-refractivity contribution in [3.8, 4) is 5.75 Å². The molecule has 3 amide bonds. The zero-order valence-corrected chi connectivity index (χ0v) is 19.2. The summed E-state index contributed by atoms with van der Waals surface area (Å²) in [6.45, 7) is 2.22. The Balaban J connectivity index is 1.47. The van der Waals surface area contributed by atoms with Gasteiger partial charge in [0.2, 0.25) is 5.91 Å². The van der Waals surface area contributed by atoms with Crippen LogP contribution in [0.1, 0.15) is 63.7 Å².